The van der Waals surface area contributed by atoms with E-state index >= 15 is 0 Å². The van der Waals surface area contributed by atoms with Crippen LogP contribution in [0.15, 0.2) is 5.38 Å². The molecule has 11 heavy (non-hydrogen) atoms. The molecule has 0 amide bonds. The van der Waals surface area contributed by atoms with E-state index < -0.39 is 0 Å². The number of aromatic nitrogens is 1. The summed E-state index contributed by atoms with van der Waals surface area (Å²) in [6, 6.07) is 0. The Labute approximate surface area is 75.2 Å². The van der Waals surface area contributed by atoms with Crippen LogP contribution in [0.4, 0.5) is 0 Å². The number of nitrogens with zero attached hydrogens (tertiary/aromatic N) is 1. The standard InChI is InChI=1S/C7H10ClNOS/c1-3-5(2)10-7-9-6(8)4-11-7/h4-5H,3H2,1-2H3. The Morgan fingerprint density at radius 1 is 1.82 bits per heavy atom. The summed E-state index contributed by atoms with van der Waals surface area (Å²) < 4.78 is 5.41. The van der Waals surface area contributed by atoms with Crippen molar-refractivity contribution in [2.75, 3.05) is 0 Å². The Morgan fingerprint density at radius 3 is 3.00 bits per heavy atom. The summed E-state index contributed by atoms with van der Waals surface area (Å²) in [6.07, 6.45) is 1.20. The second-order valence-electron chi connectivity index (χ2n) is 2.27. The van der Waals surface area contributed by atoms with Gasteiger partial charge in [-0.05, 0) is 13.3 Å². The summed E-state index contributed by atoms with van der Waals surface area (Å²) in [4.78, 5) is 3.96. The number of ether oxygens (including phenoxy) is 1. The minimum atomic E-state index is 0.220. The molecule has 0 aromatic carbocycles. The molecule has 1 atom stereocenters. The van der Waals surface area contributed by atoms with Crippen LogP contribution in [0.1, 0.15) is 20.3 Å². The molecule has 1 heterocycles. The van der Waals surface area contributed by atoms with Crippen LogP contribution >= 0.6 is 22.9 Å². The molecule has 1 rings (SSSR count). The predicted octanol–water partition coefficient (Wildman–Crippen LogP) is 2.97. The lowest BCUT2D eigenvalue weighted by Gasteiger charge is -2.07. The van der Waals surface area contributed by atoms with Crippen molar-refractivity contribution in [3.63, 3.8) is 0 Å². The number of hydrogen-bond acceptors (Lipinski definition) is 3. The molecule has 0 aliphatic rings. The van der Waals surface area contributed by atoms with Crippen molar-refractivity contribution in [2.45, 2.75) is 26.4 Å². The average Bonchev–Trinajstić information content (AvgIpc) is 2.35. The summed E-state index contributed by atoms with van der Waals surface area (Å²) in [5, 5.41) is 2.93. The zero-order chi connectivity index (χ0) is 8.27. The molecule has 0 aliphatic heterocycles. The van der Waals surface area contributed by atoms with Gasteiger partial charge in [0.05, 0.1) is 6.10 Å². The monoisotopic (exact) mass is 191 g/mol. The first-order chi connectivity index (χ1) is 5.22. The molecule has 0 saturated carbocycles. The van der Waals surface area contributed by atoms with E-state index in [0.717, 1.165) is 6.42 Å². The quantitative estimate of drug-likeness (QED) is 0.733. The van der Waals surface area contributed by atoms with Crippen molar-refractivity contribution >= 4 is 22.9 Å². The normalized spacial score (nSPS) is 13.0. The fourth-order valence-electron chi connectivity index (χ4n) is 0.549. The van der Waals surface area contributed by atoms with Gasteiger partial charge in [-0.15, -0.1) is 0 Å². The highest BCUT2D eigenvalue weighted by atomic mass is 35.5. The Morgan fingerprint density at radius 2 is 2.55 bits per heavy atom. The smallest absolute Gasteiger partial charge is 0.274 e. The van der Waals surface area contributed by atoms with Gasteiger partial charge < -0.3 is 4.74 Å². The maximum Gasteiger partial charge on any atom is 0.274 e. The minimum absolute atomic E-state index is 0.220. The highest BCUT2D eigenvalue weighted by Gasteiger charge is 2.04. The zero-order valence-electron chi connectivity index (χ0n) is 6.50. The topological polar surface area (TPSA) is 22.1 Å². The molecule has 4 heteroatoms. The van der Waals surface area contributed by atoms with Crippen LogP contribution in [-0.2, 0) is 0 Å². The number of hydrogen-bond donors (Lipinski definition) is 0. The molecule has 62 valence electrons. The fraction of sp³-hybridized carbons (Fsp3) is 0.571. The molecule has 0 radical (unpaired) electrons. The summed E-state index contributed by atoms with van der Waals surface area (Å²) in [5.74, 6) is 0. The molecule has 0 aliphatic carbocycles. The van der Waals surface area contributed by atoms with Gasteiger partial charge in [0, 0.05) is 5.38 Å². The van der Waals surface area contributed by atoms with Crippen LogP contribution in [0, 0.1) is 0 Å². The van der Waals surface area contributed by atoms with Gasteiger partial charge in [-0.25, -0.2) is 0 Å². The SMILES string of the molecule is CCC(C)Oc1nc(Cl)cs1. The Bertz CT molecular complexity index is 226. The van der Waals surface area contributed by atoms with Gasteiger partial charge in [0.25, 0.3) is 5.19 Å². The van der Waals surface area contributed by atoms with E-state index in [1.54, 1.807) is 5.38 Å². The second-order valence-corrected chi connectivity index (χ2v) is 3.48. The van der Waals surface area contributed by atoms with E-state index in [0.29, 0.717) is 10.3 Å². The molecule has 0 fully saturated rings. The van der Waals surface area contributed by atoms with E-state index in [4.69, 9.17) is 16.3 Å². The summed E-state index contributed by atoms with van der Waals surface area (Å²) in [7, 11) is 0. The second kappa shape index (κ2) is 3.93. The highest BCUT2D eigenvalue weighted by Crippen LogP contribution is 2.22. The van der Waals surface area contributed by atoms with Crippen molar-refractivity contribution < 1.29 is 4.74 Å². The van der Waals surface area contributed by atoms with Crippen molar-refractivity contribution in [3.8, 4) is 5.19 Å². The number of rotatable bonds is 3. The van der Waals surface area contributed by atoms with Crippen molar-refractivity contribution in [1.82, 2.24) is 4.98 Å². The van der Waals surface area contributed by atoms with Crippen molar-refractivity contribution in [3.05, 3.63) is 10.5 Å². The lowest BCUT2D eigenvalue weighted by atomic mass is 10.3. The van der Waals surface area contributed by atoms with E-state index in [1.807, 2.05) is 6.92 Å². The van der Waals surface area contributed by atoms with E-state index in [1.165, 1.54) is 11.3 Å². The summed E-state index contributed by atoms with van der Waals surface area (Å²) in [5.41, 5.74) is 0. The maximum absolute atomic E-state index is 5.61. The van der Waals surface area contributed by atoms with Gasteiger partial charge in [0.15, 0.2) is 0 Å². The third-order valence-corrected chi connectivity index (χ3v) is 2.39. The van der Waals surface area contributed by atoms with Crippen LogP contribution in [0.3, 0.4) is 0 Å². The van der Waals surface area contributed by atoms with Gasteiger partial charge in [0.2, 0.25) is 0 Å². The highest BCUT2D eigenvalue weighted by molar-refractivity contribution is 7.11. The lowest BCUT2D eigenvalue weighted by molar-refractivity contribution is 0.216. The lowest BCUT2D eigenvalue weighted by Crippen LogP contribution is -2.09. The Kier molecular flexibility index (Phi) is 3.15. The van der Waals surface area contributed by atoms with E-state index in [-0.39, 0.29) is 6.10 Å². The first-order valence-electron chi connectivity index (χ1n) is 3.50. The molecule has 1 aromatic heterocycles. The molecule has 0 bridgehead atoms. The third kappa shape index (κ3) is 2.67. The van der Waals surface area contributed by atoms with Gasteiger partial charge >= 0.3 is 0 Å². The predicted molar refractivity (Wildman–Crippen MR) is 47.5 cm³/mol. The first kappa shape index (κ1) is 8.81. The molecule has 0 spiro atoms. The molecule has 0 N–H and O–H groups in total. The minimum Gasteiger partial charge on any atom is -0.467 e. The molecular weight excluding hydrogens is 182 g/mol. The Balaban J connectivity index is 2.50. The average molecular weight is 192 g/mol. The van der Waals surface area contributed by atoms with E-state index in [9.17, 15) is 0 Å². The van der Waals surface area contributed by atoms with E-state index in [2.05, 4.69) is 11.9 Å². The largest absolute Gasteiger partial charge is 0.467 e. The van der Waals surface area contributed by atoms with Crippen molar-refractivity contribution in [2.24, 2.45) is 0 Å². The van der Waals surface area contributed by atoms with Gasteiger partial charge in [-0.2, -0.15) is 4.98 Å². The molecular formula is C7H10ClNOS. The number of halogens is 1. The zero-order valence-corrected chi connectivity index (χ0v) is 8.08. The van der Waals surface area contributed by atoms with Gasteiger partial charge in [-0.1, -0.05) is 29.9 Å². The summed E-state index contributed by atoms with van der Waals surface area (Å²) >= 11 is 7.03. The molecule has 0 saturated heterocycles. The van der Waals surface area contributed by atoms with Crippen LogP contribution in [0.5, 0.6) is 5.19 Å². The number of thiazole rings is 1. The fourth-order valence-corrected chi connectivity index (χ4v) is 1.43. The Hall–Kier alpha value is -0.280. The van der Waals surface area contributed by atoms with Gasteiger partial charge in [-0.3, -0.25) is 0 Å². The van der Waals surface area contributed by atoms with Crippen LogP contribution < -0.4 is 4.74 Å². The van der Waals surface area contributed by atoms with Crippen molar-refractivity contribution in [1.29, 1.82) is 0 Å². The molecule has 1 aromatic rings. The van der Waals surface area contributed by atoms with Gasteiger partial charge in [0.1, 0.15) is 5.15 Å². The van der Waals surface area contributed by atoms with Crippen LogP contribution in [-0.4, -0.2) is 11.1 Å². The third-order valence-electron chi connectivity index (χ3n) is 1.33. The molecule has 2 nitrogen and oxygen atoms in total. The molecule has 1 unspecified atom stereocenters. The van der Waals surface area contributed by atoms with Crippen LogP contribution in [0.25, 0.3) is 0 Å². The maximum atomic E-state index is 5.61. The van der Waals surface area contributed by atoms with Crippen LogP contribution in [0.2, 0.25) is 5.15 Å². The first-order valence-corrected chi connectivity index (χ1v) is 4.75. The summed E-state index contributed by atoms with van der Waals surface area (Å²) in [6.45, 7) is 4.08.